The van der Waals surface area contributed by atoms with E-state index in [1.165, 1.54) is 0 Å². The summed E-state index contributed by atoms with van der Waals surface area (Å²) in [7, 11) is -3.48. The standard InChI is InChI=1S/C22H25O5P/c1-4-26-21(23)17(3)16-20(22(24)27-5-2)28(25,18-12-8-6-9-13-18)19-14-10-7-11-15-19/h6-15,20H,3-5,16H2,1-2H3. The first-order valence-corrected chi connectivity index (χ1v) is 10.9. The van der Waals surface area contributed by atoms with Gasteiger partial charge in [-0.1, -0.05) is 67.2 Å². The predicted octanol–water partition coefficient (Wildman–Crippen LogP) is 3.44. The molecule has 0 spiro atoms. The highest BCUT2D eigenvalue weighted by atomic mass is 31.2. The summed E-state index contributed by atoms with van der Waals surface area (Å²) in [4.78, 5) is 25.0. The zero-order valence-corrected chi connectivity index (χ0v) is 17.1. The molecule has 0 heterocycles. The zero-order valence-electron chi connectivity index (χ0n) is 16.2. The fraction of sp³-hybridized carbons (Fsp3) is 0.273. The van der Waals surface area contributed by atoms with Gasteiger partial charge in [-0.05, 0) is 20.3 Å². The van der Waals surface area contributed by atoms with E-state index in [0.717, 1.165) is 0 Å². The first kappa shape index (κ1) is 21.6. The summed E-state index contributed by atoms with van der Waals surface area (Å²) in [6, 6.07) is 17.6. The van der Waals surface area contributed by atoms with Crippen LogP contribution >= 0.6 is 7.14 Å². The van der Waals surface area contributed by atoms with Crippen LogP contribution in [0.3, 0.4) is 0 Å². The molecule has 0 bridgehead atoms. The second kappa shape index (κ2) is 10.0. The maximum atomic E-state index is 14.5. The molecule has 0 radical (unpaired) electrons. The molecule has 6 heteroatoms. The largest absolute Gasteiger partial charge is 0.465 e. The molecular formula is C22H25O5P. The van der Waals surface area contributed by atoms with Gasteiger partial charge in [0.25, 0.3) is 0 Å². The van der Waals surface area contributed by atoms with Crippen molar-refractivity contribution in [1.29, 1.82) is 0 Å². The highest BCUT2D eigenvalue weighted by molar-refractivity contribution is 7.80. The summed E-state index contributed by atoms with van der Waals surface area (Å²) >= 11 is 0. The fourth-order valence-corrected chi connectivity index (χ4v) is 6.05. The van der Waals surface area contributed by atoms with Gasteiger partial charge in [0.05, 0.1) is 13.2 Å². The Morgan fingerprint density at radius 1 is 0.893 bits per heavy atom. The number of ether oxygens (including phenoxy) is 2. The molecule has 2 rings (SSSR count). The fourth-order valence-electron chi connectivity index (χ4n) is 2.96. The minimum Gasteiger partial charge on any atom is -0.465 e. The van der Waals surface area contributed by atoms with Crippen molar-refractivity contribution in [2.45, 2.75) is 25.9 Å². The molecule has 0 aliphatic carbocycles. The smallest absolute Gasteiger partial charge is 0.333 e. The van der Waals surface area contributed by atoms with Gasteiger partial charge in [-0.3, -0.25) is 4.79 Å². The third-order valence-electron chi connectivity index (χ3n) is 4.28. The van der Waals surface area contributed by atoms with E-state index in [1.807, 2.05) is 12.1 Å². The van der Waals surface area contributed by atoms with Crippen molar-refractivity contribution in [3.63, 3.8) is 0 Å². The van der Waals surface area contributed by atoms with Gasteiger partial charge in [0.2, 0.25) is 0 Å². The second-order valence-electron chi connectivity index (χ2n) is 6.13. The van der Waals surface area contributed by atoms with E-state index in [-0.39, 0.29) is 25.2 Å². The number of carbonyl (C=O) groups excluding carboxylic acids is 2. The Bertz CT molecular complexity index is 818. The third-order valence-corrected chi connectivity index (χ3v) is 7.68. The zero-order chi connectivity index (χ0) is 20.6. The lowest BCUT2D eigenvalue weighted by Gasteiger charge is -2.27. The minimum atomic E-state index is -3.48. The highest BCUT2D eigenvalue weighted by Crippen LogP contribution is 2.51. The monoisotopic (exact) mass is 400 g/mol. The average Bonchev–Trinajstić information content (AvgIpc) is 2.72. The lowest BCUT2D eigenvalue weighted by molar-refractivity contribution is -0.142. The van der Waals surface area contributed by atoms with Gasteiger partial charge in [-0.25, -0.2) is 4.79 Å². The van der Waals surface area contributed by atoms with Crippen LogP contribution in [0.4, 0.5) is 0 Å². The first-order valence-electron chi connectivity index (χ1n) is 9.17. The van der Waals surface area contributed by atoms with Gasteiger partial charge in [-0.2, -0.15) is 0 Å². The van der Waals surface area contributed by atoms with Gasteiger partial charge in [0.1, 0.15) is 5.66 Å². The number of hydrogen-bond acceptors (Lipinski definition) is 5. The quantitative estimate of drug-likeness (QED) is 0.366. The molecule has 1 unspecified atom stereocenters. The molecule has 2 aromatic rings. The number of esters is 2. The van der Waals surface area contributed by atoms with Crippen LogP contribution in [0, 0.1) is 0 Å². The van der Waals surface area contributed by atoms with Crippen molar-refractivity contribution >= 4 is 29.7 Å². The Hall–Kier alpha value is -2.65. The lowest BCUT2D eigenvalue weighted by Crippen LogP contribution is -2.34. The van der Waals surface area contributed by atoms with Crippen LogP contribution in [0.15, 0.2) is 72.8 Å². The van der Waals surface area contributed by atoms with Crippen LogP contribution in [-0.4, -0.2) is 30.8 Å². The summed E-state index contributed by atoms with van der Waals surface area (Å²) in [6.45, 7) is 7.46. The van der Waals surface area contributed by atoms with E-state index in [4.69, 9.17) is 9.47 Å². The normalized spacial score (nSPS) is 12.1. The van der Waals surface area contributed by atoms with Gasteiger partial charge >= 0.3 is 11.9 Å². The molecule has 0 fully saturated rings. The van der Waals surface area contributed by atoms with Crippen LogP contribution in [0.2, 0.25) is 0 Å². The van der Waals surface area contributed by atoms with E-state index in [9.17, 15) is 14.2 Å². The molecule has 1 atom stereocenters. The maximum Gasteiger partial charge on any atom is 0.333 e. The molecule has 0 aromatic heterocycles. The van der Waals surface area contributed by atoms with E-state index < -0.39 is 24.7 Å². The molecule has 0 amide bonds. The number of hydrogen-bond donors (Lipinski definition) is 0. The summed E-state index contributed by atoms with van der Waals surface area (Å²) in [5.74, 6) is -1.23. The molecule has 0 aliphatic rings. The van der Waals surface area contributed by atoms with Crippen molar-refractivity contribution in [3.05, 3.63) is 72.8 Å². The summed E-state index contributed by atoms with van der Waals surface area (Å²) in [5.41, 5.74) is -0.985. The number of carbonyl (C=O) groups is 2. The molecule has 28 heavy (non-hydrogen) atoms. The predicted molar refractivity (Wildman–Crippen MR) is 111 cm³/mol. The highest BCUT2D eigenvalue weighted by Gasteiger charge is 2.43. The van der Waals surface area contributed by atoms with Crippen molar-refractivity contribution in [1.82, 2.24) is 0 Å². The SMILES string of the molecule is C=C(CC(C(=O)OCC)P(=O)(c1ccccc1)c1ccccc1)C(=O)OCC. The molecule has 2 aromatic carbocycles. The molecule has 0 saturated heterocycles. The Balaban J connectivity index is 2.59. The average molecular weight is 400 g/mol. The van der Waals surface area contributed by atoms with Crippen molar-refractivity contribution in [2.24, 2.45) is 0 Å². The van der Waals surface area contributed by atoms with Gasteiger partial charge in [0.15, 0.2) is 7.14 Å². The van der Waals surface area contributed by atoms with Crippen LogP contribution in [0.25, 0.3) is 0 Å². The minimum absolute atomic E-state index is 0.0898. The Morgan fingerprint density at radius 3 is 1.79 bits per heavy atom. The van der Waals surface area contributed by atoms with E-state index in [2.05, 4.69) is 6.58 Å². The van der Waals surface area contributed by atoms with E-state index >= 15 is 0 Å². The molecule has 0 aliphatic heterocycles. The summed E-state index contributed by atoms with van der Waals surface area (Å²) < 4.78 is 24.7. The van der Waals surface area contributed by atoms with Crippen molar-refractivity contribution in [2.75, 3.05) is 13.2 Å². The topological polar surface area (TPSA) is 69.7 Å². The summed E-state index contributed by atoms with van der Waals surface area (Å²) in [5, 5.41) is 1.05. The Kier molecular flexibility index (Phi) is 7.77. The van der Waals surface area contributed by atoms with Crippen LogP contribution < -0.4 is 10.6 Å². The molecule has 5 nitrogen and oxygen atoms in total. The van der Waals surface area contributed by atoms with Crippen molar-refractivity contribution in [3.8, 4) is 0 Å². The van der Waals surface area contributed by atoms with E-state index in [0.29, 0.717) is 10.6 Å². The summed E-state index contributed by atoms with van der Waals surface area (Å²) in [6.07, 6.45) is -0.112. The van der Waals surface area contributed by atoms with Crippen molar-refractivity contribution < 1.29 is 23.6 Å². The Labute approximate surface area is 165 Å². The van der Waals surface area contributed by atoms with Gasteiger partial charge < -0.3 is 14.0 Å². The maximum absolute atomic E-state index is 14.5. The van der Waals surface area contributed by atoms with Crippen LogP contribution in [0.1, 0.15) is 20.3 Å². The number of rotatable bonds is 9. The molecule has 0 saturated carbocycles. The third kappa shape index (κ3) is 4.79. The van der Waals surface area contributed by atoms with Gasteiger partial charge in [-0.15, -0.1) is 0 Å². The number of benzene rings is 2. The van der Waals surface area contributed by atoms with E-state index in [1.54, 1.807) is 62.4 Å². The van der Waals surface area contributed by atoms with Gasteiger partial charge in [0, 0.05) is 16.2 Å². The Morgan fingerprint density at radius 2 is 1.36 bits per heavy atom. The lowest BCUT2D eigenvalue weighted by atomic mass is 10.1. The van der Waals surface area contributed by atoms with Crippen LogP contribution in [0.5, 0.6) is 0 Å². The first-order chi connectivity index (χ1) is 13.4. The van der Waals surface area contributed by atoms with Crippen LogP contribution in [-0.2, 0) is 23.6 Å². The molecule has 148 valence electrons. The second-order valence-corrected chi connectivity index (χ2v) is 9.10. The molecular weight excluding hydrogens is 375 g/mol. The molecule has 0 N–H and O–H groups in total.